The topological polar surface area (TPSA) is 52.6 Å². The number of likely N-dealkylation sites (tertiary alicyclic amines) is 1. The highest BCUT2D eigenvalue weighted by Gasteiger charge is 2.24. The van der Waals surface area contributed by atoms with Crippen molar-refractivity contribution in [3.05, 3.63) is 38.5 Å². The molecule has 156 valence electrons. The zero-order chi connectivity index (χ0) is 19.1. The largest absolute Gasteiger partial charge is 0.356 e. The van der Waals surface area contributed by atoms with Gasteiger partial charge in [-0.1, -0.05) is 19.9 Å². The summed E-state index contributed by atoms with van der Waals surface area (Å²) in [7, 11) is 1.84. The number of thiophene rings is 1. The van der Waals surface area contributed by atoms with Gasteiger partial charge in [-0.15, -0.1) is 46.7 Å². The van der Waals surface area contributed by atoms with Crippen molar-refractivity contribution in [2.75, 3.05) is 33.2 Å². The molecular formula is C20H32IN5S2. The molecule has 28 heavy (non-hydrogen) atoms. The third-order valence-corrected chi connectivity index (χ3v) is 7.04. The lowest BCUT2D eigenvalue weighted by molar-refractivity contribution is 0.249. The highest BCUT2D eigenvalue weighted by Crippen LogP contribution is 2.27. The van der Waals surface area contributed by atoms with Crippen molar-refractivity contribution in [3.63, 3.8) is 0 Å². The van der Waals surface area contributed by atoms with Crippen LogP contribution in [0.1, 0.15) is 54.2 Å². The number of aliphatic imine (C=N–C) groups is 1. The van der Waals surface area contributed by atoms with Crippen molar-refractivity contribution in [2.24, 2.45) is 4.99 Å². The van der Waals surface area contributed by atoms with Gasteiger partial charge in [-0.05, 0) is 37.4 Å². The molecule has 0 aromatic carbocycles. The predicted molar refractivity (Wildman–Crippen MR) is 133 cm³/mol. The van der Waals surface area contributed by atoms with E-state index in [2.05, 4.69) is 57.3 Å². The van der Waals surface area contributed by atoms with Crippen molar-refractivity contribution in [1.82, 2.24) is 20.5 Å². The summed E-state index contributed by atoms with van der Waals surface area (Å²) in [5.41, 5.74) is 1.17. The van der Waals surface area contributed by atoms with Crippen molar-refractivity contribution in [2.45, 2.75) is 45.1 Å². The molecule has 0 spiro atoms. The Kier molecular flexibility index (Phi) is 10.2. The van der Waals surface area contributed by atoms with Crippen molar-refractivity contribution in [3.8, 4) is 0 Å². The zero-order valence-electron chi connectivity index (χ0n) is 17.0. The van der Waals surface area contributed by atoms with E-state index in [1.165, 1.54) is 41.5 Å². The van der Waals surface area contributed by atoms with Gasteiger partial charge >= 0.3 is 0 Å². The molecule has 2 N–H and O–H groups in total. The number of hydrogen-bond donors (Lipinski definition) is 2. The maximum Gasteiger partial charge on any atom is 0.191 e. The summed E-state index contributed by atoms with van der Waals surface area (Å²) in [5, 5.41) is 12.5. The summed E-state index contributed by atoms with van der Waals surface area (Å²) in [6, 6.07) is 4.83. The molecule has 1 aliphatic rings. The highest BCUT2D eigenvalue weighted by atomic mass is 127. The summed E-state index contributed by atoms with van der Waals surface area (Å²) < 4.78 is 0. The molecule has 0 aliphatic carbocycles. The first kappa shape index (κ1) is 23.6. The van der Waals surface area contributed by atoms with E-state index in [0.29, 0.717) is 12.0 Å². The SMILES string of the molecule is CN=C(NCCc1csc(C(C)C)n1)NCC(c1cccs1)N1CCCC1.I. The third kappa shape index (κ3) is 6.67. The Labute approximate surface area is 194 Å². The number of halogens is 1. The number of nitrogens with zero attached hydrogens (tertiary/aromatic N) is 3. The van der Waals surface area contributed by atoms with Crippen LogP contribution in [0.3, 0.4) is 0 Å². The summed E-state index contributed by atoms with van der Waals surface area (Å²) in [5.74, 6) is 1.38. The third-order valence-electron chi connectivity index (χ3n) is 4.88. The Morgan fingerprint density at radius 1 is 1.25 bits per heavy atom. The molecule has 0 radical (unpaired) electrons. The molecule has 8 heteroatoms. The number of guanidine groups is 1. The number of rotatable bonds is 8. The molecule has 5 nitrogen and oxygen atoms in total. The van der Waals surface area contributed by atoms with Crippen LogP contribution in [0.25, 0.3) is 0 Å². The summed E-state index contributed by atoms with van der Waals surface area (Å²) in [6.45, 7) is 8.49. The lowest BCUT2D eigenvalue weighted by atomic mass is 10.2. The van der Waals surface area contributed by atoms with Crippen LogP contribution < -0.4 is 10.6 Å². The number of hydrogen-bond acceptors (Lipinski definition) is 5. The van der Waals surface area contributed by atoms with Crippen LogP contribution >= 0.6 is 46.7 Å². The fourth-order valence-electron chi connectivity index (χ4n) is 3.37. The number of thiazole rings is 1. The van der Waals surface area contributed by atoms with E-state index in [1.807, 2.05) is 18.4 Å². The maximum atomic E-state index is 4.71. The van der Waals surface area contributed by atoms with Crippen LogP contribution in [0.4, 0.5) is 0 Å². The lowest BCUT2D eigenvalue weighted by Gasteiger charge is -2.27. The minimum atomic E-state index is 0. The minimum Gasteiger partial charge on any atom is -0.356 e. The quantitative estimate of drug-likeness (QED) is 0.298. The molecule has 1 atom stereocenters. The van der Waals surface area contributed by atoms with Crippen LogP contribution in [-0.2, 0) is 6.42 Å². The number of aromatic nitrogens is 1. The normalized spacial score (nSPS) is 16.2. The molecule has 0 amide bonds. The van der Waals surface area contributed by atoms with Crippen molar-refractivity contribution >= 4 is 52.6 Å². The van der Waals surface area contributed by atoms with Gasteiger partial charge in [0.25, 0.3) is 0 Å². The standard InChI is InChI=1S/C20H31N5S2.HI/c1-15(2)19-24-16(14-27-19)8-9-22-20(21-3)23-13-17(18-7-6-12-26-18)25-10-4-5-11-25;/h6-7,12,14-15,17H,4-5,8-11,13H2,1-3H3,(H2,21,22,23);1H. The lowest BCUT2D eigenvalue weighted by Crippen LogP contribution is -2.43. The van der Waals surface area contributed by atoms with E-state index in [4.69, 9.17) is 4.98 Å². The molecule has 1 fully saturated rings. The minimum absolute atomic E-state index is 0. The van der Waals surface area contributed by atoms with Gasteiger partial charge in [0, 0.05) is 42.7 Å². The van der Waals surface area contributed by atoms with Gasteiger partial charge in [0.2, 0.25) is 0 Å². The average molecular weight is 534 g/mol. The molecule has 1 aliphatic heterocycles. The van der Waals surface area contributed by atoms with Crippen molar-refractivity contribution < 1.29 is 0 Å². The van der Waals surface area contributed by atoms with Crippen LogP contribution in [-0.4, -0.2) is 49.1 Å². The second-order valence-corrected chi connectivity index (χ2v) is 9.10. The van der Waals surface area contributed by atoms with E-state index in [9.17, 15) is 0 Å². The molecule has 1 saturated heterocycles. The molecule has 3 heterocycles. The Hall–Kier alpha value is -0.710. The zero-order valence-corrected chi connectivity index (χ0v) is 20.9. The Morgan fingerprint density at radius 3 is 2.64 bits per heavy atom. The second kappa shape index (κ2) is 12.1. The molecule has 0 bridgehead atoms. The Balaban J connectivity index is 0.00000280. The van der Waals surface area contributed by atoms with E-state index in [-0.39, 0.29) is 24.0 Å². The molecule has 2 aromatic rings. The van der Waals surface area contributed by atoms with Gasteiger partial charge in [-0.25, -0.2) is 4.98 Å². The fraction of sp³-hybridized carbons (Fsp3) is 0.600. The first-order valence-electron chi connectivity index (χ1n) is 9.83. The summed E-state index contributed by atoms with van der Waals surface area (Å²) in [6.07, 6.45) is 3.53. The summed E-state index contributed by atoms with van der Waals surface area (Å²) >= 11 is 3.61. The van der Waals surface area contributed by atoms with E-state index < -0.39 is 0 Å². The van der Waals surface area contributed by atoms with E-state index >= 15 is 0 Å². The van der Waals surface area contributed by atoms with Gasteiger partial charge in [-0.2, -0.15) is 0 Å². The van der Waals surface area contributed by atoms with Gasteiger partial charge < -0.3 is 10.6 Å². The molecule has 3 rings (SSSR count). The van der Waals surface area contributed by atoms with Crippen molar-refractivity contribution in [1.29, 1.82) is 0 Å². The molecule has 2 aromatic heterocycles. The second-order valence-electron chi connectivity index (χ2n) is 7.24. The van der Waals surface area contributed by atoms with Crippen LogP contribution in [0.15, 0.2) is 27.9 Å². The van der Waals surface area contributed by atoms with Gasteiger partial charge in [0.05, 0.1) is 16.7 Å². The summed E-state index contributed by atoms with van der Waals surface area (Å²) in [4.78, 5) is 13.1. The Morgan fingerprint density at radius 2 is 2.04 bits per heavy atom. The van der Waals surface area contributed by atoms with Gasteiger partial charge in [-0.3, -0.25) is 9.89 Å². The Bertz CT molecular complexity index is 708. The van der Waals surface area contributed by atoms with E-state index in [0.717, 1.165) is 25.5 Å². The van der Waals surface area contributed by atoms with Gasteiger partial charge in [0.1, 0.15) is 0 Å². The first-order valence-corrected chi connectivity index (χ1v) is 11.6. The highest BCUT2D eigenvalue weighted by molar-refractivity contribution is 14.0. The molecule has 0 saturated carbocycles. The number of nitrogens with one attached hydrogen (secondary N) is 2. The fourth-order valence-corrected chi connectivity index (χ4v) is 5.10. The van der Waals surface area contributed by atoms with Crippen LogP contribution in [0.2, 0.25) is 0 Å². The van der Waals surface area contributed by atoms with Crippen LogP contribution in [0, 0.1) is 0 Å². The smallest absolute Gasteiger partial charge is 0.191 e. The molecule has 1 unspecified atom stereocenters. The maximum absolute atomic E-state index is 4.71. The predicted octanol–water partition coefficient (Wildman–Crippen LogP) is 4.49. The van der Waals surface area contributed by atoms with Crippen LogP contribution in [0.5, 0.6) is 0 Å². The monoisotopic (exact) mass is 533 g/mol. The van der Waals surface area contributed by atoms with Gasteiger partial charge in [0.15, 0.2) is 5.96 Å². The molecular weight excluding hydrogens is 501 g/mol. The first-order chi connectivity index (χ1) is 13.2. The average Bonchev–Trinajstić information content (AvgIpc) is 3.42. The van der Waals surface area contributed by atoms with E-state index in [1.54, 1.807) is 11.3 Å².